The molecule has 0 bridgehead atoms. The standard InChI is InChI=1S/C14H19N5O2/c1-3-18-9-11(8-15-18)14(20)19-7-5-4-6-12(19)13-16-10(2)17-21-13/h8-9,12H,3-7H2,1-2H3/t12-/m1/s1. The summed E-state index contributed by atoms with van der Waals surface area (Å²) in [5.41, 5.74) is 0.611. The second-order valence-corrected chi connectivity index (χ2v) is 5.27. The Bertz CT molecular complexity index is 633. The van der Waals surface area contributed by atoms with Gasteiger partial charge in [-0.1, -0.05) is 5.16 Å². The average Bonchev–Trinajstić information content (AvgIpc) is 3.15. The molecule has 0 aromatic carbocycles. The Labute approximate surface area is 122 Å². The molecule has 0 saturated carbocycles. The number of piperidine rings is 1. The Balaban J connectivity index is 1.85. The van der Waals surface area contributed by atoms with Crippen LogP contribution in [0.5, 0.6) is 0 Å². The minimum Gasteiger partial charge on any atom is -0.337 e. The molecule has 0 unspecified atom stereocenters. The fourth-order valence-electron chi connectivity index (χ4n) is 2.69. The third-order valence-electron chi connectivity index (χ3n) is 3.80. The van der Waals surface area contributed by atoms with E-state index >= 15 is 0 Å². The zero-order valence-electron chi connectivity index (χ0n) is 12.3. The summed E-state index contributed by atoms with van der Waals surface area (Å²) in [5, 5.41) is 8.01. The monoisotopic (exact) mass is 289 g/mol. The van der Waals surface area contributed by atoms with Crippen molar-refractivity contribution in [3.63, 3.8) is 0 Å². The lowest BCUT2D eigenvalue weighted by atomic mass is 10.0. The molecule has 1 aliphatic heterocycles. The fourth-order valence-corrected chi connectivity index (χ4v) is 2.69. The van der Waals surface area contributed by atoms with Crippen molar-refractivity contribution >= 4 is 5.91 Å². The van der Waals surface area contributed by atoms with E-state index in [0.717, 1.165) is 25.8 Å². The van der Waals surface area contributed by atoms with Crippen LogP contribution < -0.4 is 0 Å². The highest BCUT2D eigenvalue weighted by atomic mass is 16.5. The van der Waals surface area contributed by atoms with E-state index in [1.807, 2.05) is 11.8 Å². The van der Waals surface area contributed by atoms with Crippen molar-refractivity contribution in [3.05, 3.63) is 29.7 Å². The summed E-state index contributed by atoms with van der Waals surface area (Å²) in [6, 6.07) is -0.127. The second kappa shape index (κ2) is 5.67. The molecule has 1 atom stereocenters. The van der Waals surface area contributed by atoms with Gasteiger partial charge in [-0.05, 0) is 33.1 Å². The SMILES string of the molecule is CCn1cc(C(=O)N2CCCC[C@@H]2c2nc(C)no2)cn1. The van der Waals surface area contributed by atoms with Crippen LogP contribution in [0, 0.1) is 6.92 Å². The van der Waals surface area contributed by atoms with Crippen LogP contribution in [0.3, 0.4) is 0 Å². The number of amides is 1. The zero-order chi connectivity index (χ0) is 14.8. The number of aromatic nitrogens is 4. The van der Waals surface area contributed by atoms with E-state index in [1.165, 1.54) is 0 Å². The molecule has 1 fully saturated rings. The lowest BCUT2D eigenvalue weighted by molar-refractivity contribution is 0.0561. The first-order valence-corrected chi connectivity index (χ1v) is 7.32. The van der Waals surface area contributed by atoms with Crippen molar-refractivity contribution in [2.24, 2.45) is 0 Å². The molecule has 1 aliphatic rings. The van der Waals surface area contributed by atoms with E-state index in [9.17, 15) is 4.79 Å². The summed E-state index contributed by atoms with van der Waals surface area (Å²) in [7, 11) is 0. The maximum Gasteiger partial charge on any atom is 0.257 e. The number of likely N-dealkylation sites (tertiary alicyclic amines) is 1. The first-order chi connectivity index (χ1) is 10.2. The van der Waals surface area contributed by atoms with E-state index in [0.29, 0.717) is 23.8 Å². The molecule has 21 heavy (non-hydrogen) atoms. The largest absolute Gasteiger partial charge is 0.337 e. The summed E-state index contributed by atoms with van der Waals surface area (Å²) in [4.78, 5) is 18.8. The Morgan fingerprint density at radius 2 is 2.33 bits per heavy atom. The molecule has 7 heteroatoms. The van der Waals surface area contributed by atoms with Gasteiger partial charge in [-0.15, -0.1) is 0 Å². The molecule has 7 nitrogen and oxygen atoms in total. The summed E-state index contributed by atoms with van der Waals surface area (Å²) in [6.45, 7) is 5.24. The topological polar surface area (TPSA) is 77.0 Å². The maximum absolute atomic E-state index is 12.7. The number of hydrogen-bond acceptors (Lipinski definition) is 5. The van der Waals surface area contributed by atoms with Gasteiger partial charge in [-0.3, -0.25) is 9.48 Å². The predicted molar refractivity (Wildman–Crippen MR) is 74.6 cm³/mol. The maximum atomic E-state index is 12.7. The van der Waals surface area contributed by atoms with Crippen molar-refractivity contribution in [2.75, 3.05) is 6.54 Å². The normalized spacial score (nSPS) is 19.0. The molecule has 0 aliphatic carbocycles. The van der Waals surface area contributed by atoms with E-state index in [2.05, 4.69) is 15.2 Å². The number of carbonyl (C=O) groups excluding carboxylic acids is 1. The van der Waals surface area contributed by atoms with Gasteiger partial charge in [-0.25, -0.2) is 0 Å². The molecule has 3 rings (SSSR count). The van der Waals surface area contributed by atoms with Gasteiger partial charge >= 0.3 is 0 Å². The van der Waals surface area contributed by atoms with Crippen molar-refractivity contribution in [1.82, 2.24) is 24.8 Å². The number of nitrogens with zero attached hydrogens (tertiary/aromatic N) is 5. The number of aryl methyl sites for hydroxylation is 2. The summed E-state index contributed by atoms with van der Waals surface area (Å²) in [5.74, 6) is 1.11. The highest BCUT2D eigenvalue weighted by Crippen LogP contribution is 2.31. The average molecular weight is 289 g/mol. The van der Waals surface area contributed by atoms with Crippen LogP contribution in [-0.2, 0) is 6.54 Å². The molecule has 0 N–H and O–H groups in total. The lowest BCUT2D eigenvalue weighted by Crippen LogP contribution is -2.38. The third kappa shape index (κ3) is 2.68. The van der Waals surface area contributed by atoms with Crippen molar-refractivity contribution in [2.45, 2.75) is 45.7 Å². The molecule has 1 amide bonds. The molecule has 1 saturated heterocycles. The second-order valence-electron chi connectivity index (χ2n) is 5.27. The van der Waals surface area contributed by atoms with Crippen LogP contribution in [0.15, 0.2) is 16.9 Å². The first kappa shape index (κ1) is 13.8. The highest BCUT2D eigenvalue weighted by Gasteiger charge is 2.32. The van der Waals surface area contributed by atoms with Gasteiger partial charge in [0.2, 0.25) is 5.89 Å². The summed E-state index contributed by atoms with van der Waals surface area (Å²) >= 11 is 0. The molecule has 3 heterocycles. The van der Waals surface area contributed by atoms with Gasteiger partial charge < -0.3 is 9.42 Å². The van der Waals surface area contributed by atoms with Gasteiger partial charge in [0.1, 0.15) is 6.04 Å². The minimum atomic E-state index is -0.127. The van der Waals surface area contributed by atoms with Crippen LogP contribution in [0.25, 0.3) is 0 Å². The minimum absolute atomic E-state index is 0.0183. The van der Waals surface area contributed by atoms with Gasteiger partial charge in [0.15, 0.2) is 5.82 Å². The fraction of sp³-hybridized carbons (Fsp3) is 0.571. The number of carbonyl (C=O) groups is 1. The Hall–Kier alpha value is -2.18. The zero-order valence-corrected chi connectivity index (χ0v) is 12.3. The Morgan fingerprint density at radius 1 is 1.48 bits per heavy atom. The molecule has 2 aromatic rings. The van der Waals surface area contributed by atoms with Crippen molar-refractivity contribution in [1.29, 1.82) is 0 Å². The third-order valence-corrected chi connectivity index (χ3v) is 3.80. The Kier molecular flexibility index (Phi) is 3.72. The smallest absolute Gasteiger partial charge is 0.257 e. The van der Waals surface area contributed by atoms with Gasteiger partial charge in [-0.2, -0.15) is 10.1 Å². The van der Waals surface area contributed by atoms with E-state index in [-0.39, 0.29) is 11.9 Å². The van der Waals surface area contributed by atoms with E-state index in [4.69, 9.17) is 4.52 Å². The van der Waals surface area contributed by atoms with Gasteiger partial charge in [0.25, 0.3) is 5.91 Å². The first-order valence-electron chi connectivity index (χ1n) is 7.32. The quantitative estimate of drug-likeness (QED) is 0.863. The summed E-state index contributed by atoms with van der Waals surface area (Å²) < 4.78 is 7.02. The van der Waals surface area contributed by atoms with Crippen LogP contribution in [-0.4, -0.2) is 37.3 Å². The highest BCUT2D eigenvalue weighted by molar-refractivity contribution is 5.94. The molecule has 112 valence electrons. The van der Waals surface area contributed by atoms with E-state index < -0.39 is 0 Å². The molecule has 2 aromatic heterocycles. The van der Waals surface area contributed by atoms with Gasteiger partial charge in [0.05, 0.1) is 11.8 Å². The molecule has 0 radical (unpaired) electrons. The van der Waals surface area contributed by atoms with Crippen molar-refractivity contribution < 1.29 is 9.32 Å². The Morgan fingerprint density at radius 3 is 3.00 bits per heavy atom. The van der Waals surface area contributed by atoms with Crippen molar-refractivity contribution in [3.8, 4) is 0 Å². The summed E-state index contributed by atoms with van der Waals surface area (Å²) in [6.07, 6.45) is 6.32. The van der Waals surface area contributed by atoms with Crippen LogP contribution in [0.2, 0.25) is 0 Å². The lowest BCUT2D eigenvalue weighted by Gasteiger charge is -2.33. The number of hydrogen-bond donors (Lipinski definition) is 0. The predicted octanol–water partition coefficient (Wildman–Crippen LogP) is 1.96. The van der Waals surface area contributed by atoms with E-state index in [1.54, 1.807) is 24.0 Å². The van der Waals surface area contributed by atoms with Crippen LogP contribution in [0.4, 0.5) is 0 Å². The molecular formula is C14H19N5O2. The molecular weight excluding hydrogens is 270 g/mol. The van der Waals surface area contributed by atoms with Crippen LogP contribution >= 0.6 is 0 Å². The number of rotatable bonds is 3. The van der Waals surface area contributed by atoms with Crippen LogP contribution in [0.1, 0.15) is 54.3 Å². The van der Waals surface area contributed by atoms with Gasteiger partial charge in [0, 0.05) is 19.3 Å². The molecule has 0 spiro atoms.